The Hall–Kier alpha value is -2.87. The number of amides is 1. The molecule has 8 heteroatoms. The number of benzene rings is 1. The third-order valence-electron chi connectivity index (χ3n) is 4.12. The Morgan fingerprint density at radius 2 is 2.07 bits per heavy atom. The molecule has 29 heavy (non-hydrogen) atoms. The first-order valence-corrected chi connectivity index (χ1v) is 10.5. The largest absolute Gasteiger partial charge is 0.475 e. The zero-order valence-electron chi connectivity index (χ0n) is 16.8. The quantitative estimate of drug-likeness (QED) is 0.543. The Bertz CT molecular complexity index is 940. The molecule has 7 nitrogen and oxygen atoms in total. The number of carbonyl (C=O) groups excluding carboxylic acids is 1. The highest BCUT2D eigenvalue weighted by Gasteiger charge is 2.12. The molecule has 0 unspecified atom stereocenters. The molecule has 2 aromatic heterocycles. The number of carbonyl (C=O) groups is 1. The average Bonchev–Trinajstić information content (AvgIpc) is 3.19. The number of hydrogen-bond acceptors (Lipinski definition) is 6. The Kier molecular flexibility index (Phi) is 7.24. The lowest BCUT2D eigenvalue weighted by Gasteiger charge is -2.11. The van der Waals surface area contributed by atoms with Crippen LogP contribution in [0.3, 0.4) is 0 Å². The molecule has 0 atom stereocenters. The van der Waals surface area contributed by atoms with E-state index in [2.05, 4.69) is 33.5 Å². The molecule has 3 rings (SSSR count). The zero-order chi connectivity index (χ0) is 20.6. The number of ether oxygens (including phenoxy) is 1. The number of thioether (sulfide) groups is 1. The molecule has 0 saturated heterocycles. The second-order valence-electron chi connectivity index (χ2n) is 6.70. The third-order valence-corrected chi connectivity index (χ3v) is 5.07. The van der Waals surface area contributed by atoms with Crippen LogP contribution >= 0.6 is 11.8 Å². The fourth-order valence-electron chi connectivity index (χ4n) is 2.74. The van der Waals surface area contributed by atoms with Gasteiger partial charge in [-0.2, -0.15) is 0 Å². The SMILES string of the molecule is CCc1ccccc1-n1cnnc1SCC(=O)NCc1ccc(OC(C)C)nc1. The summed E-state index contributed by atoms with van der Waals surface area (Å²) in [5.74, 6) is 0.766. The number of aryl methyl sites for hydroxylation is 1. The van der Waals surface area contributed by atoms with E-state index in [0.29, 0.717) is 17.6 Å². The molecule has 1 N–H and O–H groups in total. The molecule has 0 aliphatic carbocycles. The van der Waals surface area contributed by atoms with Crippen molar-refractivity contribution >= 4 is 17.7 Å². The summed E-state index contributed by atoms with van der Waals surface area (Å²) >= 11 is 1.36. The van der Waals surface area contributed by atoms with Crippen LogP contribution in [0.2, 0.25) is 0 Å². The summed E-state index contributed by atoms with van der Waals surface area (Å²) < 4.78 is 7.45. The Morgan fingerprint density at radius 3 is 2.79 bits per heavy atom. The number of hydrogen-bond donors (Lipinski definition) is 1. The van der Waals surface area contributed by atoms with Crippen molar-refractivity contribution in [2.24, 2.45) is 0 Å². The second-order valence-corrected chi connectivity index (χ2v) is 7.64. The molecule has 1 aromatic carbocycles. The first-order valence-electron chi connectivity index (χ1n) is 9.56. The van der Waals surface area contributed by atoms with Gasteiger partial charge in [0, 0.05) is 18.8 Å². The maximum Gasteiger partial charge on any atom is 0.230 e. The number of nitrogens with one attached hydrogen (secondary N) is 1. The highest BCUT2D eigenvalue weighted by molar-refractivity contribution is 7.99. The van der Waals surface area contributed by atoms with Crippen LogP contribution in [0.15, 0.2) is 54.1 Å². The van der Waals surface area contributed by atoms with Crippen molar-refractivity contribution < 1.29 is 9.53 Å². The van der Waals surface area contributed by atoms with Gasteiger partial charge in [-0.1, -0.05) is 43.0 Å². The summed E-state index contributed by atoms with van der Waals surface area (Å²) in [6.45, 7) is 6.43. The molecular weight excluding hydrogens is 386 g/mol. The van der Waals surface area contributed by atoms with Gasteiger partial charge >= 0.3 is 0 Å². The Labute approximate surface area is 174 Å². The van der Waals surface area contributed by atoms with Crippen LogP contribution in [0.25, 0.3) is 5.69 Å². The summed E-state index contributed by atoms with van der Waals surface area (Å²) in [7, 11) is 0. The Balaban J connectivity index is 1.53. The molecule has 152 valence electrons. The van der Waals surface area contributed by atoms with Gasteiger partial charge in [0.25, 0.3) is 0 Å². The van der Waals surface area contributed by atoms with Gasteiger partial charge in [0.2, 0.25) is 11.8 Å². The van der Waals surface area contributed by atoms with E-state index in [9.17, 15) is 4.79 Å². The summed E-state index contributed by atoms with van der Waals surface area (Å²) in [5.41, 5.74) is 3.16. The lowest BCUT2D eigenvalue weighted by atomic mass is 10.1. The van der Waals surface area contributed by atoms with E-state index in [1.165, 1.54) is 17.3 Å². The maximum absolute atomic E-state index is 12.3. The molecule has 0 aliphatic rings. The van der Waals surface area contributed by atoms with Gasteiger partial charge in [0.15, 0.2) is 5.16 Å². The molecule has 3 aromatic rings. The van der Waals surface area contributed by atoms with E-state index in [4.69, 9.17) is 4.74 Å². The standard InChI is InChI=1S/C21H25N5O2S/c1-4-17-7-5-6-8-18(17)26-14-24-25-21(26)29-13-19(27)22-11-16-9-10-20(23-12-16)28-15(2)3/h5-10,12,14-15H,4,11,13H2,1-3H3,(H,22,27). The van der Waals surface area contributed by atoms with E-state index >= 15 is 0 Å². The molecule has 0 aliphatic heterocycles. The van der Waals surface area contributed by atoms with Crippen LogP contribution in [-0.2, 0) is 17.8 Å². The predicted molar refractivity (Wildman–Crippen MR) is 113 cm³/mol. The van der Waals surface area contributed by atoms with Crippen molar-refractivity contribution in [1.82, 2.24) is 25.1 Å². The number of pyridine rings is 1. The van der Waals surface area contributed by atoms with Crippen molar-refractivity contribution in [3.63, 3.8) is 0 Å². The highest BCUT2D eigenvalue weighted by Crippen LogP contribution is 2.22. The summed E-state index contributed by atoms with van der Waals surface area (Å²) in [5, 5.41) is 11.8. The predicted octanol–water partition coefficient (Wildman–Crippen LogP) is 3.42. The van der Waals surface area contributed by atoms with Crippen LogP contribution in [0.5, 0.6) is 5.88 Å². The highest BCUT2D eigenvalue weighted by atomic mass is 32.2. The molecule has 1 amide bonds. The first-order chi connectivity index (χ1) is 14.1. The van der Waals surface area contributed by atoms with E-state index in [0.717, 1.165) is 17.7 Å². The van der Waals surface area contributed by atoms with Crippen molar-refractivity contribution in [1.29, 1.82) is 0 Å². The summed E-state index contributed by atoms with van der Waals surface area (Å²) in [4.78, 5) is 16.5. The molecule has 0 radical (unpaired) electrons. The number of para-hydroxylation sites is 1. The number of nitrogens with zero attached hydrogens (tertiary/aromatic N) is 4. The smallest absolute Gasteiger partial charge is 0.230 e. The van der Waals surface area contributed by atoms with Gasteiger partial charge < -0.3 is 10.1 Å². The lowest BCUT2D eigenvalue weighted by Crippen LogP contribution is -2.24. The minimum absolute atomic E-state index is 0.0733. The normalized spacial score (nSPS) is 10.9. The second kappa shape index (κ2) is 10.1. The van der Waals surface area contributed by atoms with E-state index in [1.807, 2.05) is 48.7 Å². The maximum atomic E-state index is 12.3. The van der Waals surface area contributed by atoms with E-state index in [1.54, 1.807) is 12.5 Å². The van der Waals surface area contributed by atoms with Crippen LogP contribution in [0.1, 0.15) is 31.9 Å². The number of aromatic nitrogens is 4. The van der Waals surface area contributed by atoms with Crippen molar-refractivity contribution in [2.45, 2.75) is 45.0 Å². The van der Waals surface area contributed by atoms with Crippen LogP contribution < -0.4 is 10.1 Å². The van der Waals surface area contributed by atoms with Crippen LogP contribution in [0.4, 0.5) is 0 Å². The van der Waals surface area contributed by atoms with Gasteiger partial charge in [-0.3, -0.25) is 9.36 Å². The van der Waals surface area contributed by atoms with E-state index in [-0.39, 0.29) is 17.8 Å². The molecule has 0 bridgehead atoms. The third kappa shape index (κ3) is 5.80. The van der Waals surface area contributed by atoms with Gasteiger partial charge in [0.05, 0.1) is 17.5 Å². The van der Waals surface area contributed by atoms with Crippen LogP contribution in [0, 0.1) is 0 Å². The lowest BCUT2D eigenvalue weighted by molar-refractivity contribution is -0.118. The average molecular weight is 412 g/mol. The van der Waals surface area contributed by atoms with E-state index < -0.39 is 0 Å². The van der Waals surface area contributed by atoms with Gasteiger partial charge in [-0.25, -0.2) is 4.98 Å². The minimum atomic E-state index is -0.0733. The van der Waals surface area contributed by atoms with Gasteiger partial charge in [-0.15, -0.1) is 10.2 Å². The number of rotatable bonds is 9. The minimum Gasteiger partial charge on any atom is -0.475 e. The van der Waals surface area contributed by atoms with Gasteiger partial charge in [-0.05, 0) is 37.5 Å². The van der Waals surface area contributed by atoms with Gasteiger partial charge in [0.1, 0.15) is 6.33 Å². The molecule has 0 saturated carbocycles. The summed E-state index contributed by atoms with van der Waals surface area (Å²) in [6, 6.07) is 11.8. The molecule has 2 heterocycles. The topological polar surface area (TPSA) is 81.9 Å². The molecule has 0 fully saturated rings. The van der Waals surface area contributed by atoms with Crippen molar-refractivity contribution in [2.75, 3.05) is 5.75 Å². The van der Waals surface area contributed by atoms with Crippen LogP contribution in [-0.4, -0.2) is 37.5 Å². The Morgan fingerprint density at radius 1 is 1.24 bits per heavy atom. The molecule has 0 spiro atoms. The van der Waals surface area contributed by atoms with Crippen molar-refractivity contribution in [3.05, 3.63) is 60.0 Å². The molecular formula is C21H25N5O2S. The summed E-state index contributed by atoms with van der Waals surface area (Å²) in [6.07, 6.45) is 4.38. The fraction of sp³-hybridized carbons (Fsp3) is 0.333. The monoisotopic (exact) mass is 411 g/mol. The zero-order valence-corrected chi connectivity index (χ0v) is 17.6. The van der Waals surface area contributed by atoms with Crippen molar-refractivity contribution in [3.8, 4) is 11.6 Å². The fourth-order valence-corrected chi connectivity index (χ4v) is 3.49. The first kappa shape index (κ1) is 20.9.